The van der Waals surface area contributed by atoms with Gasteiger partial charge in [-0.25, -0.2) is 14.8 Å². The molecule has 2 aromatic rings. The number of carbonyl (C=O) groups excluding carboxylic acids is 1. The number of aromatic nitrogens is 4. The van der Waals surface area contributed by atoms with Gasteiger partial charge in [0.25, 0.3) is 0 Å². The lowest BCUT2D eigenvalue weighted by Gasteiger charge is -2.34. The van der Waals surface area contributed by atoms with Crippen molar-refractivity contribution in [3.8, 4) is 0 Å². The highest BCUT2D eigenvalue weighted by atomic mass is 16.2. The molecule has 2 N–H and O–H groups in total. The molecule has 2 amide bonds. The van der Waals surface area contributed by atoms with E-state index in [0.29, 0.717) is 0 Å². The van der Waals surface area contributed by atoms with Crippen LogP contribution >= 0.6 is 0 Å². The maximum absolute atomic E-state index is 12.3. The summed E-state index contributed by atoms with van der Waals surface area (Å²) in [7, 11) is 1.83. The van der Waals surface area contributed by atoms with Gasteiger partial charge >= 0.3 is 6.03 Å². The van der Waals surface area contributed by atoms with E-state index in [2.05, 4.69) is 37.5 Å². The van der Waals surface area contributed by atoms with Gasteiger partial charge in [-0.05, 0) is 26.2 Å². The molecule has 0 aromatic carbocycles. The van der Waals surface area contributed by atoms with Gasteiger partial charge in [0.05, 0.1) is 11.4 Å². The Kier molecular flexibility index (Phi) is 5.16. The van der Waals surface area contributed by atoms with Crippen LogP contribution in [0.2, 0.25) is 0 Å². The van der Waals surface area contributed by atoms with E-state index in [1.165, 1.54) is 0 Å². The van der Waals surface area contributed by atoms with Gasteiger partial charge in [0.15, 0.2) is 0 Å². The number of aryl methyl sites for hydroxylation is 3. The number of nitrogens with zero attached hydrogens (tertiary/aromatic N) is 5. The smallest absolute Gasteiger partial charge is 0.319 e. The quantitative estimate of drug-likeness (QED) is 0.885. The van der Waals surface area contributed by atoms with Crippen LogP contribution in [0.5, 0.6) is 0 Å². The Bertz CT molecular complexity index is 742. The summed E-state index contributed by atoms with van der Waals surface area (Å²) in [5.41, 5.74) is 2.57. The van der Waals surface area contributed by atoms with Crippen molar-refractivity contribution in [1.29, 1.82) is 0 Å². The molecule has 1 aliphatic heterocycles. The van der Waals surface area contributed by atoms with Gasteiger partial charge in [-0.15, -0.1) is 0 Å². The molecule has 0 unspecified atom stereocenters. The molecule has 134 valence electrons. The van der Waals surface area contributed by atoms with Crippen LogP contribution in [0.1, 0.15) is 31.2 Å². The van der Waals surface area contributed by atoms with E-state index < -0.39 is 0 Å². The first-order chi connectivity index (χ1) is 12.0. The first kappa shape index (κ1) is 17.2. The van der Waals surface area contributed by atoms with E-state index in [1.54, 1.807) is 17.2 Å². The average Bonchev–Trinajstić information content (AvgIpc) is 2.92. The van der Waals surface area contributed by atoms with E-state index >= 15 is 0 Å². The summed E-state index contributed by atoms with van der Waals surface area (Å²) in [5, 5.41) is 10.2. The highest BCUT2D eigenvalue weighted by Gasteiger charge is 2.23. The van der Waals surface area contributed by atoms with Crippen LogP contribution in [0.4, 0.5) is 16.3 Å². The lowest BCUT2D eigenvalue weighted by Crippen LogP contribution is -2.49. The molecule has 2 aromatic heterocycles. The summed E-state index contributed by atoms with van der Waals surface area (Å²) >= 11 is 0. The zero-order chi connectivity index (χ0) is 17.8. The number of piperidine rings is 1. The van der Waals surface area contributed by atoms with Crippen LogP contribution in [-0.4, -0.2) is 44.9 Å². The minimum absolute atomic E-state index is 0.0887. The minimum atomic E-state index is -0.195. The fourth-order valence-electron chi connectivity index (χ4n) is 3.12. The van der Waals surface area contributed by atoms with Gasteiger partial charge in [-0.1, -0.05) is 6.92 Å². The van der Waals surface area contributed by atoms with E-state index in [0.717, 1.165) is 55.2 Å². The second-order valence-corrected chi connectivity index (χ2v) is 6.41. The Morgan fingerprint density at radius 1 is 1.40 bits per heavy atom. The number of nitrogens with one attached hydrogen (secondary N) is 2. The Morgan fingerprint density at radius 2 is 2.24 bits per heavy atom. The van der Waals surface area contributed by atoms with Crippen LogP contribution < -0.4 is 15.5 Å². The topological polar surface area (TPSA) is 88.0 Å². The number of rotatable bonds is 4. The second kappa shape index (κ2) is 7.50. The van der Waals surface area contributed by atoms with E-state index in [9.17, 15) is 4.79 Å². The molecule has 0 spiro atoms. The average molecular weight is 343 g/mol. The number of amides is 2. The van der Waals surface area contributed by atoms with Crippen LogP contribution in [0.15, 0.2) is 18.6 Å². The molecule has 0 bridgehead atoms. The third-order valence-corrected chi connectivity index (χ3v) is 4.41. The zero-order valence-electron chi connectivity index (χ0n) is 15.0. The molecule has 0 radical (unpaired) electrons. The van der Waals surface area contributed by atoms with Crippen LogP contribution in [0, 0.1) is 6.92 Å². The fraction of sp³-hybridized carbons (Fsp3) is 0.529. The number of carbonyl (C=O) groups is 1. The summed E-state index contributed by atoms with van der Waals surface area (Å²) < 4.78 is 1.69. The van der Waals surface area contributed by atoms with Crippen molar-refractivity contribution in [2.24, 2.45) is 7.05 Å². The maximum atomic E-state index is 12.3. The molecular weight excluding hydrogens is 318 g/mol. The predicted molar refractivity (Wildman–Crippen MR) is 96.7 cm³/mol. The van der Waals surface area contributed by atoms with Crippen molar-refractivity contribution < 1.29 is 4.79 Å². The number of urea groups is 1. The van der Waals surface area contributed by atoms with Crippen molar-refractivity contribution in [3.05, 3.63) is 30.0 Å². The highest BCUT2D eigenvalue weighted by Crippen LogP contribution is 2.18. The molecular formula is C17H25N7O. The van der Waals surface area contributed by atoms with E-state index in [4.69, 9.17) is 0 Å². The van der Waals surface area contributed by atoms with Crippen molar-refractivity contribution in [2.45, 2.75) is 39.2 Å². The molecule has 3 heterocycles. The molecule has 0 saturated carbocycles. The minimum Gasteiger partial charge on any atom is -0.354 e. The normalized spacial score (nSPS) is 17.4. The standard InChI is InChI=1S/C17H25N7O/c1-4-13-8-16(19-11-18-13)24-7-5-6-14(9-24)20-17(25)21-15-10-23(3)22-12(15)2/h8,10-11,14H,4-7,9H2,1-3H3,(H2,20,21,25)/t14-/m0/s1. The predicted octanol–water partition coefficient (Wildman–Crippen LogP) is 1.87. The number of hydrogen-bond donors (Lipinski definition) is 2. The number of anilines is 2. The summed E-state index contributed by atoms with van der Waals surface area (Å²) in [5.74, 6) is 0.932. The van der Waals surface area contributed by atoms with Gasteiger partial charge in [0.1, 0.15) is 12.1 Å². The van der Waals surface area contributed by atoms with E-state index in [1.807, 2.05) is 20.0 Å². The van der Waals surface area contributed by atoms with Crippen molar-refractivity contribution in [2.75, 3.05) is 23.3 Å². The Morgan fingerprint density at radius 3 is 2.96 bits per heavy atom. The van der Waals surface area contributed by atoms with Crippen molar-refractivity contribution in [1.82, 2.24) is 25.1 Å². The van der Waals surface area contributed by atoms with Crippen LogP contribution in [0.3, 0.4) is 0 Å². The summed E-state index contributed by atoms with van der Waals surface area (Å²) in [6.45, 7) is 5.65. The summed E-state index contributed by atoms with van der Waals surface area (Å²) in [6, 6.07) is 1.92. The van der Waals surface area contributed by atoms with Gasteiger partial charge < -0.3 is 15.5 Å². The Balaban J connectivity index is 1.59. The van der Waals surface area contributed by atoms with Gasteiger partial charge in [0.2, 0.25) is 0 Å². The first-order valence-electron chi connectivity index (χ1n) is 8.68. The molecule has 0 aliphatic carbocycles. The summed E-state index contributed by atoms with van der Waals surface area (Å²) in [6.07, 6.45) is 6.28. The zero-order valence-corrected chi connectivity index (χ0v) is 15.0. The van der Waals surface area contributed by atoms with Crippen molar-refractivity contribution >= 4 is 17.5 Å². The monoisotopic (exact) mass is 343 g/mol. The molecule has 8 nitrogen and oxygen atoms in total. The third kappa shape index (κ3) is 4.26. The molecule has 1 atom stereocenters. The molecule has 1 saturated heterocycles. The molecule has 1 aliphatic rings. The maximum Gasteiger partial charge on any atom is 0.319 e. The lowest BCUT2D eigenvalue weighted by atomic mass is 10.1. The van der Waals surface area contributed by atoms with Gasteiger partial charge in [0, 0.05) is 44.1 Å². The van der Waals surface area contributed by atoms with Gasteiger partial charge in [-0.2, -0.15) is 5.10 Å². The largest absolute Gasteiger partial charge is 0.354 e. The summed E-state index contributed by atoms with van der Waals surface area (Å²) in [4.78, 5) is 23.1. The van der Waals surface area contributed by atoms with Gasteiger partial charge in [-0.3, -0.25) is 4.68 Å². The second-order valence-electron chi connectivity index (χ2n) is 6.41. The fourth-order valence-corrected chi connectivity index (χ4v) is 3.12. The lowest BCUT2D eigenvalue weighted by molar-refractivity contribution is 0.246. The third-order valence-electron chi connectivity index (χ3n) is 4.41. The van der Waals surface area contributed by atoms with Crippen molar-refractivity contribution in [3.63, 3.8) is 0 Å². The van der Waals surface area contributed by atoms with Crippen LogP contribution in [-0.2, 0) is 13.5 Å². The molecule has 3 rings (SSSR count). The van der Waals surface area contributed by atoms with Crippen LogP contribution in [0.25, 0.3) is 0 Å². The first-order valence-corrected chi connectivity index (χ1v) is 8.68. The highest BCUT2D eigenvalue weighted by molar-refractivity contribution is 5.89. The van der Waals surface area contributed by atoms with E-state index in [-0.39, 0.29) is 12.1 Å². The molecule has 8 heteroatoms. The Hall–Kier alpha value is -2.64. The molecule has 25 heavy (non-hydrogen) atoms. The SMILES string of the molecule is CCc1cc(N2CCC[C@H](NC(=O)Nc3cn(C)nc3C)C2)ncn1. The molecule has 1 fully saturated rings. The Labute approximate surface area is 147 Å². The number of hydrogen-bond acceptors (Lipinski definition) is 5.